The first-order chi connectivity index (χ1) is 7.41. The van der Waals surface area contributed by atoms with Gasteiger partial charge in [-0.2, -0.15) is 0 Å². The standard InChI is InChI=1S/C14H23NO/c1-9(2)12(5)15-8-13-6-10(3)11(4)7-14(13)16/h6-7,9,12,15-16H,8H2,1-5H3. The van der Waals surface area contributed by atoms with E-state index in [1.807, 2.05) is 13.0 Å². The van der Waals surface area contributed by atoms with Crippen molar-refractivity contribution in [2.45, 2.75) is 47.2 Å². The van der Waals surface area contributed by atoms with E-state index in [-0.39, 0.29) is 0 Å². The number of phenols is 1. The van der Waals surface area contributed by atoms with E-state index < -0.39 is 0 Å². The monoisotopic (exact) mass is 221 g/mol. The smallest absolute Gasteiger partial charge is 0.120 e. The zero-order valence-corrected chi connectivity index (χ0v) is 11.0. The van der Waals surface area contributed by atoms with Crippen LogP contribution in [0.15, 0.2) is 12.1 Å². The van der Waals surface area contributed by atoms with Crippen molar-refractivity contribution in [3.05, 3.63) is 28.8 Å². The summed E-state index contributed by atoms with van der Waals surface area (Å²) in [6, 6.07) is 4.36. The summed E-state index contributed by atoms with van der Waals surface area (Å²) in [5, 5.41) is 13.3. The molecule has 0 aromatic heterocycles. The first-order valence-corrected chi connectivity index (χ1v) is 5.94. The van der Waals surface area contributed by atoms with Gasteiger partial charge < -0.3 is 10.4 Å². The number of aromatic hydroxyl groups is 1. The largest absolute Gasteiger partial charge is 0.508 e. The molecule has 2 heteroatoms. The maximum absolute atomic E-state index is 9.83. The molecule has 0 aliphatic carbocycles. The van der Waals surface area contributed by atoms with Crippen molar-refractivity contribution in [2.24, 2.45) is 5.92 Å². The van der Waals surface area contributed by atoms with Crippen LogP contribution in [0, 0.1) is 19.8 Å². The van der Waals surface area contributed by atoms with E-state index in [1.165, 1.54) is 5.56 Å². The summed E-state index contributed by atoms with van der Waals surface area (Å²) >= 11 is 0. The molecular weight excluding hydrogens is 198 g/mol. The molecule has 0 aliphatic heterocycles. The van der Waals surface area contributed by atoms with Crippen molar-refractivity contribution < 1.29 is 5.11 Å². The van der Waals surface area contributed by atoms with Gasteiger partial charge in [0.1, 0.15) is 5.75 Å². The number of nitrogens with one attached hydrogen (secondary N) is 1. The molecular formula is C14H23NO. The molecule has 2 N–H and O–H groups in total. The third kappa shape index (κ3) is 3.24. The Bertz CT molecular complexity index is 358. The zero-order valence-electron chi connectivity index (χ0n) is 11.0. The second-order valence-corrected chi connectivity index (χ2v) is 4.98. The minimum absolute atomic E-state index is 0.395. The lowest BCUT2D eigenvalue weighted by molar-refractivity contribution is 0.415. The number of hydrogen-bond donors (Lipinski definition) is 2. The maximum atomic E-state index is 9.83. The number of aryl methyl sites for hydroxylation is 2. The quantitative estimate of drug-likeness (QED) is 0.818. The van der Waals surface area contributed by atoms with Crippen LogP contribution in [0.5, 0.6) is 5.75 Å². The van der Waals surface area contributed by atoms with Crippen molar-refractivity contribution in [1.82, 2.24) is 5.32 Å². The van der Waals surface area contributed by atoms with E-state index in [2.05, 4.69) is 39.1 Å². The summed E-state index contributed by atoms with van der Waals surface area (Å²) in [4.78, 5) is 0. The summed E-state index contributed by atoms with van der Waals surface area (Å²) in [7, 11) is 0. The Morgan fingerprint density at radius 1 is 1.12 bits per heavy atom. The number of hydrogen-bond acceptors (Lipinski definition) is 2. The molecule has 1 rings (SSSR count). The summed E-state index contributed by atoms with van der Waals surface area (Å²) in [5.74, 6) is 1.00. The molecule has 16 heavy (non-hydrogen) atoms. The van der Waals surface area contributed by atoms with Gasteiger partial charge in [-0.3, -0.25) is 0 Å². The minimum atomic E-state index is 0.395. The summed E-state index contributed by atoms with van der Waals surface area (Å²) in [6.45, 7) is 11.4. The molecule has 0 saturated heterocycles. The van der Waals surface area contributed by atoms with Gasteiger partial charge in [0.05, 0.1) is 0 Å². The van der Waals surface area contributed by atoms with Crippen LogP contribution in [0.25, 0.3) is 0 Å². The minimum Gasteiger partial charge on any atom is -0.508 e. The van der Waals surface area contributed by atoms with Crippen LogP contribution in [-0.2, 0) is 6.54 Å². The average molecular weight is 221 g/mol. The van der Waals surface area contributed by atoms with E-state index >= 15 is 0 Å². The summed E-state index contributed by atoms with van der Waals surface area (Å²) in [5.41, 5.74) is 3.35. The number of benzene rings is 1. The number of phenolic OH excluding ortho intramolecular Hbond substituents is 1. The lowest BCUT2D eigenvalue weighted by Gasteiger charge is -2.18. The topological polar surface area (TPSA) is 32.3 Å². The van der Waals surface area contributed by atoms with E-state index in [0.29, 0.717) is 17.7 Å². The second kappa shape index (κ2) is 5.35. The molecule has 0 aliphatic rings. The SMILES string of the molecule is Cc1cc(O)c(CNC(C)C(C)C)cc1C. The predicted octanol–water partition coefficient (Wildman–Crippen LogP) is 3.14. The zero-order chi connectivity index (χ0) is 12.3. The molecule has 0 bridgehead atoms. The Morgan fingerprint density at radius 3 is 2.25 bits per heavy atom. The highest BCUT2D eigenvalue weighted by molar-refractivity contribution is 5.40. The van der Waals surface area contributed by atoms with Gasteiger partial charge in [-0.1, -0.05) is 19.9 Å². The van der Waals surface area contributed by atoms with Crippen molar-refractivity contribution in [3.63, 3.8) is 0 Å². The molecule has 0 heterocycles. The van der Waals surface area contributed by atoms with E-state index in [9.17, 15) is 5.11 Å². The van der Waals surface area contributed by atoms with Gasteiger partial charge in [0, 0.05) is 18.2 Å². The van der Waals surface area contributed by atoms with Gasteiger partial charge in [-0.05, 0) is 43.9 Å². The molecule has 0 amide bonds. The highest BCUT2D eigenvalue weighted by Crippen LogP contribution is 2.21. The molecule has 1 aromatic rings. The van der Waals surface area contributed by atoms with Crippen LogP contribution in [0.4, 0.5) is 0 Å². The van der Waals surface area contributed by atoms with Crippen molar-refractivity contribution in [1.29, 1.82) is 0 Å². The Balaban J connectivity index is 2.71. The van der Waals surface area contributed by atoms with Gasteiger partial charge in [0.2, 0.25) is 0 Å². The predicted molar refractivity (Wildman–Crippen MR) is 68.7 cm³/mol. The highest BCUT2D eigenvalue weighted by atomic mass is 16.3. The lowest BCUT2D eigenvalue weighted by Crippen LogP contribution is -2.30. The van der Waals surface area contributed by atoms with E-state index in [4.69, 9.17) is 0 Å². The fraction of sp³-hybridized carbons (Fsp3) is 0.571. The molecule has 0 radical (unpaired) electrons. The molecule has 1 unspecified atom stereocenters. The Kier molecular flexibility index (Phi) is 4.36. The third-order valence-electron chi connectivity index (χ3n) is 3.31. The van der Waals surface area contributed by atoms with Crippen LogP contribution < -0.4 is 5.32 Å². The molecule has 90 valence electrons. The van der Waals surface area contributed by atoms with Crippen LogP contribution in [0.1, 0.15) is 37.5 Å². The van der Waals surface area contributed by atoms with Crippen LogP contribution in [0.2, 0.25) is 0 Å². The van der Waals surface area contributed by atoms with Crippen LogP contribution in [0.3, 0.4) is 0 Å². The van der Waals surface area contributed by atoms with Gasteiger partial charge in [-0.15, -0.1) is 0 Å². The summed E-state index contributed by atoms with van der Waals surface area (Å²) < 4.78 is 0. The number of rotatable bonds is 4. The molecule has 0 saturated carbocycles. The third-order valence-corrected chi connectivity index (χ3v) is 3.31. The molecule has 0 spiro atoms. The van der Waals surface area contributed by atoms with Crippen LogP contribution >= 0.6 is 0 Å². The second-order valence-electron chi connectivity index (χ2n) is 4.98. The lowest BCUT2D eigenvalue weighted by atomic mass is 10.0. The fourth-order valence-corrected chi connectivity index (χ4v) is 1.51. The molecule has 2 nitrogen and oxygen atoms in total. The van der Waals surface area contributed by atoms with Gasteiger partial charge in [0.25, 0.3) is 0 Å². The Morgan fingerprint density at radius 2 is 1.69 bits per heavy atom. The Hall–Kier alpha value is -1.02. The van der Waals surface area contributed by atoms with Crippen molar-refractivity contribution in [2.75, 3.05) is 0 Å². The fourth-order valence-electron chi connectivity index (χ4n) is 1.51. The Labute approximate surface area is 98.7 Å². The maximum Gasteiger partial charge on any atom is 0.120 e. The first-order valence-electron chi connectivity index (χ1n) is 5.94. The highest BCUT2D eigenvalue weighted by Gasteiger charge is 2.08. The van der Waals surface area contributed by atoms with Crippen LogP contribution in [-0.4, -0.2) is 11.1 Å². The summed E-state index contributed by atoms with van der Waals surface area (Å²) in [6.07, 6.45) is 0. The van der Waals surface area contributed by atoms with Gasteiger partial charge >= 0.3 is 0 Å². The van der Waals surface area contributed by atoms with Crippen molar-refractivity contribution >= 4 is 0 Å². The average Bonchev–Trinajstić information content (AvgIpc) is 2.20. The van der Waals surface area contributed by atoms with Gasteiger partial charge in [-0.25, -0.2) is 0 Å². The van der Waals surface area contributed by atoms with Crippen molar-refractivity contribution in [3.8, 4) is 5.75 Å². The van der Waals surface area contributed by atoms with E-state index in [1.54, 1.807) is 0 Å². The molecule has 1 atom stereocenters. The molecule has 1 aromatic carbocycles. The van der Waals surface area contributed by atoms with Gasteiger partial charge in [0.15, 0.2) is 0 Å². The first kappa shape index (κ1) is 13.0. The van der Waals surface area contributed by atoms with E-state index in [0.717, 1.165) is 17.7 Å². The normalized spacial score (nSPS) is 13.1. The molecule has 0 fully saturated rings.